The highest BCUT2D eigenvalue weighted by Crippen LogP contribution is 2.19. The largest absolute Gasteiger partial charge is 0.494 e. The van der Waals surface area contributed by atoms with Crippen molar-refractivity contribution in [3.05, 3.63) is 71.8 Å². The lowest BCUT2D eigenvalue weighted by molar-refractivity contribution is 0.102. The van der Waals surface area contributed by atoms with E-state index >= 15 is 0 Å². The highest BCUT2D eigenvalue weighted by Gasteiger charge is 2.12. The van der Waals surface area contributed by atoms with Gasteiger partial charge in [0.05, 0.1) is 12.3 Å². The van der Waals surface area contributed by atoms with Gasteiger partial charge in [-0.25, -0.2) is 14.4 Å². The number of hydrogen-bond donors (Lipinski definition) is 2. The van der Waals surface area contributed by atoms with E-state index in [4.69, 9.17) is 4.74 Å². The molecule has 2 N–H and O–H groups in total. The van der Waals surface area contributed by atoms with Gasteiger partial charge in [0.25, 0.3) is 5.91 Å². The molecule has 7 heteroatoms. The van der Waals surface area contributed by atoms with Crippen molar-refractivity contribution in [2.24, 2.45) is 0 Å². The molecule has 0 fully saturated rings. The van der Waals surface area contributed by atoms with E-state index in [1.54, 1.807) is 55.5 Å². The highest BCUT2D eigenvalue weighted by atomic mass is 19.1. The molecule has 6 nitrogen and oxygen atoms in total. The summed E-state index contributed by atoms with van der Waals surface area (Å²) < 4.78 is 19.2. The molecule has 0 bridgehead atoms. The standard InChI is InChI=1S/C20H19FN4O2/c1-3-27-15-10-8-14(9-11-15)23-19(26)18-12-13(2)22-20(25-18)24-17-7-5-4-6-16(17)21/h4-12H,3H2,1-2H3,(H,23,26)(H,22,24,25). The van der Waals surface area contributed by atoms with Crippen molar-refractivity contribution in [2.45, 2.75) is 13.8 Å². The number of halogens is 1. The smallest absolute Gasteiger partial charge is 0.274 e. The third-order valence-corrected chi connectivity index (χ3v) is 3.63. The zero-order valence-corrected chi connectivity index (χ0v) is 15.0. The fraction of sp³-hybridized carbons (Fsp3) is 0.150. The molecule has 0 aliphatic rings. The predicted octanol–water partition coefficient (Wildman–Crippen LogP) is 4.32. The maximum absolute atomic E-state index is 13.8. The topological polar surface area (TPSA) is 76.1 Å². The summed E-state index contributed by atoms with van der Waals surface area (Å²) in [6.07, 6.45) is 0. The highest BCUT2D eigenvalue weighted by molar-refractivity contribution is 6.03. The fourth-order valence-electron chi connectivity index (χ4n) is 2.42. The Bertz CT molecular complexity index is 945. The fourth-order valence-corrected chi connectivity index (χ4v) is 2.42. The third-order valence-electron chi connectivity index (χ3n) is 3.63. The van der Waals surface area contributed by atoms with Gasteiger partial charge in [-0.1, -0.05) is 12.1 Å². The Morgan fingerprint density at radius 1 is 1.11 bits per heavy atom. The van der Waals surface area contributed by atoms with Gasteiger partial charge in [0.15, 0.2) is 0 Å². The van der Waals surface area contributed by atoms with E-state index in [-0.39, 0.29) is 23.2 Å². The van der Waals surface area contributed by atoms with Crippen LogP contribution in [-0.2, 0) is 0 Å². The van der Waals surface area contributed by atoms with Crippen LogP contribution in [0.2, 0.25) is 0 Å². The molecule has 0 aliphatic carbocycles. The first kappa shape index (κ1) is 18.3. The first-order chi connectivity index (χ1) is 13.0. The third kappa shape index (κ3) is 4.78. The second kappa shape index (κ2) is 8.27. The average Bonchev–Trinajstić information content (AvgIpc) is 2.65. The molecular formula is C20H19FN4O2. The molecular weight excluding hydrogens is 347 g/mol. The average molecular weight is 366 g/mol. The minimum atomic E-state index is -0.428. The normalized spacial score (nSPS) is 10.3. The number of benzene rings is 2. The van der Waals surface area contributed by atoms with Crippen LogP contribution in [-0.4, -0.2) is 22.5 Å². The van der Waals surface area contributed by atoms with E-state index in [0.717, 1.165) is 5.75 Å². The van der Waals surface area contributed by atoms with Gasteiger partial charge in [-0.3, -0.25) is 4.79 Å². The summed E-state index contributed by atoms with van der Waals surface area (Å²) in [5.41, 5.74) is 1.61. The maximum atomic E-state index is 13.8. The number of para-hydroxylation sites is 1. The van der Waals surface area contributed by atoms with Crippen LogP contribution in [0.15, 0.2) is 54.6 Å². The van der Waals surface area contributed by atoms with Crippen LogP contribution in [0.25, 0.3) is 0 Å². The number of aryl methyl sites for hydroxylation is 1. The Kier molecular flexibility index (Phi) is 5.61. The van der Waals surface area contributed by atoms with Crippen molar-refractivity contribution in [3.63, 3.8) is 0 Å². The van der Waals surface area contributed by atoms with Crippen LogP contribution in [0.5, 0.6) is 5.75 Å². The van der Waals surface area contributed by atoms with Gasteiger partial charge in [0.2, 0.25) is 5.95 Å². The van der Waals surface area contributed by atoms with Gasteiger partial charge in [-0.05, 0) is 56.3 Å². The van der Waals surface area contributed by atoms with Crippen LogP contribution < -0.4 is 15.4 Å². The van der Waals surface area contributed by atoms with E-state index in [2.05, 4.69) is 20.6 Å². The first-order valence-electron chi connectivity index (χ1n) is 8.46. The molecule has 3 aromatic rings. The van der Waals surface area contributed by atoms with Crippen molar-refractivity contribution in [1.82, 2.24) is 9.97 Å². The number of hydrogen-bond acceptors (Lipinski definition) is 5. The van der Waals surface area contributed by atoms with Crippen molar-refractivity contribution in [2.75, 3.05) is 17.2 Å². The Labute approximate surface area is 156 Å². The second-order valence-electron chi connectivity index (χ2n) is 5.73. The van der Waals surface area contributed by atoms with E-state index in [0.29, 0.717) is 18.0 Å². The molecule has 138 valence electrons. The zero-order valence-electron chi connectivity index (χ0n) is 15.0. The summed E-state index contributed by atoms with van der Waals surface area (Å²) in [5, 5.41) is 5.57. The van der Waals surface area contributed by atoms with Crippen molar-refractivity contribution >= 4 is 23.2 Å². The van der Waals surface area contributed by atoms with Crippen molar-refractivity contribution in [1.29, 1.82) is 0 Å². The summed E-state index contributed by atoms with van der Waals surface area (Å²) in [5.74, 6) is 0.0611. The quantitative estimate of drug-likeness (QED) is 0.679. The summed E-state index contributed by atoms with van der Waals surface area (Å²) in [7, 11) is 0. The lowest BCUT2D eigenvalue weighted by Gasteiger charge is -2.10. The molecule has 0 atom stereocenters. The van der Waals surface area contributed by atoms with E-state index in [1.165, 1.54) is 6.07 Å². The summed E-state index contributed by atoms with van der Waals surface area (Å²) in [4.78, 5) is 20.9. The molecule has 1 amide bonds. The molecule has 3 rings (SSSR count). The van der Waals surface area contributed by atoms with Crippen LogP contribution >= 0.6 is 0 Å². The molecule has 0 radical (unpaired) electrons. The number of anilines is 3. The lowest BCUT2D eigenvalue weighted by atomic mass is 10.2. The van der Waals surface area contributed by atoms with Gasteiger partial charge in [0, 0.05) is 11.4 Å². The number of ether oxygens (including phenoxy) is 1. The molecule has 0 aliphatic heterocycles. The van der Waals surface area contributed by atoms with Gasteiger partial charge in [-0.2, -0.15) is 0 Å². The number of nitrogens with one attached hydrogen (secondary N) is 2. The van der Waals surface area contributed by atoms with Crippen molar-refractivity contribution in [3.8, 4) is 5.75 Å². The molecule has 27 heavy (non-hydrogen) atoms. The Morgan fingerprint density at radius 3 is 2.56 bits per heavy atom. The van der Waals surface area contributed by atoms with Crippen LogP contribution in [0.4, 0.5) is 21.7 Å². The van der Waals surface area contributed by atoms with E-state index < -0.39 is 5.82 Å². The number of carbonyl (C=O) groups excluding carboxylic acids is 1. The Morgan fingerprint density at radius 2 is 1.85 bits per heavy atom. The monoisotopic (exact) mass is 366 g/mol. The van der Waals surface area contributed by atoms with Gasteiger partial charge in [-0.15, -0.1) is 0 Å². The van der Waals surface area contributed by atoms with Crippen molar-refractivity contribution < 1.29 is 13.9 Å². The second-order valence-corrected chi connectivity index (χ2v) is 5.73. The minimum absolute atomic E-state index is 0.150. The van der Waals surface area contributed by atoms with Crippen LogP contribution in [0.3, 0.4) is 0 Å². The zero-order chi connectivity index (χ0) is 19.2. The molecule has 0 spiro atoms. The van der Waals surface area contributed by atoms with Gasteiger partial charge < -0.3 is 15.4 Å². The number of rotatable bonds is 6. The molecule has 2 aromatic carbocycles. The molecule has 0 unspecified atom stereocenters. The lowest BCUT2D eigenvalue weighted by Crippen LogP contribution is -2.15. The first-order valence-corrected chi connectivity index (χ1v) is 8.46. The van der Waals surface area contributed by atoms with E-state index in [9.17, 15) is 9.18 Å². The number of aromatic nitrogens is 2. The molecule has 0 saturated heterocycles. The number of nitrogens with zero attached hydrogens (tertiary/aromatic N) is 2. The molecule has 0 saturated carbocycles. The SMILES string of the molecule is CCOc1ccc(NC(=O)c2cc(C)nc(Nc3ccccc3F)n2)cc1. The summed E-state index contributed by atoms with van der Waals surface area (Å²) in [6, 6.07) is 14.8. The van der Waals surface area contributed by atoms with Crippen LogP contribution in [0, 0.1) is 12.7 Å². The maximum Gasteiger partial charge on any atom is 0.274 e. The minimum Gasteiger partial charge on any atom is -0.494 e. The number of amides is 1. The van der Waals surface area contributed by atoms with Crippen LogP contribution in [0.1, 0.15) is 23.1 Å². The van der Waals surface area contributed by atoms with Gasteiger partial charge >= 0.3 is 0 Å². The molecule has 1 heterocycles. The van der Waals surface area contributed by atoms with Gasteiger partial charge in [0.1, 0.15) is 17.3 Å². The Balaban J connectivity index is 1.76. The summed E-state index contributed by atoms with van der Waals surface area (Å²) in [6.45, 7) is 4.21. The predicted molar refractivity (Wildman–Crippen MR) is 102 cm³/mol. The Hall–Kier alpha value is -3.48. The van der Waals surface area contributed by atoms with E-state index in [1.807, 2.05) is 6.92 Å². The summed E-state index contributed by atoms with van der Waals surface area (Å²) >= 11 is 0. The number of carbonyl (C=O) groups is 1. The molecule has 1 aromatic heterocycles.